The number of ether oxygens (including phenoxy) is 1. The summed E-state index contributed by atoms with van der Waals surface area (Å²) in [7, 11) is 0. The quantitative estimate of drug-likeness (QED) is 0.541. The largest absolute Gasteiger partial charge is 0.458 e. The summed E-state index contributed by atoms with van der Waals surface area (Å²) in [6, 6.07) is 0. The highest BCUT2D eigenvalue weighted by molar-refractivity contribution is 5.87. The minimum atomic E-state index is -0.209. The van der Waals surface area contributed by atoms with Crippen LogP contribution in [-0.2, 0) is 9.53 Å². The minimum Gasteiger partial charge on any atom is -0.458 e. The summed E-state index contributed by atoms with van der Waals surface area (Å²) < 4.78 is 5.67. The number of hydrogen-bond donors (Lipinski definition) is 0. The van der Waals surface area contributed by atoms with Gasteiger partial charge in [-0.25, -0.2) is 4.79 Å². The van der Waals surface area contributed by atoms with Crippen LogP contribution < -0.4 is 0 Å². The highest BCUT2D eigenvalue weighted by Crippen LogP contribution is 2.92. The summed E-state index contributed by atoms with van der Waals surface area (Å²) in [6.45, 7) is 12.5. The fourth-order valence-corrected chi connectivity index (χ4v) is 5.42. The molecular weight excluding hydrogens is 212 g/mol. The molecule has 17 heavy (non-hydrogen) atoms. The molecule has 1 spiro atoms. The summed E-state index contributed by atoms with van der Waals surface area (Å²) in [6.07, 6.45) is 3.82. The third-order valence-corrected chi connectivity index (χ3v) is 6.51. The first-order chi connectivity index (χ1) is 7.79. The maximum atomic E-state index is 11.7. The normalized spacial score (nSPS) is 48.7. The SMILES string of the molecule is C=C(C)C(=O)OC1CC2CCC3(C)C(C)(C)C213. The zero-order chi connectivity index (χ0) is 12.6. The lowest BCUT2D eigenvalue weighted by molar-refractivity contribution is -0.165. The van der Waals surface area contributed by atoms with Crippen molar-refractivity contribution in [3.05, 3.63) is 12.2 Å². The molecular formula is C15H22O2. The van der Waals surface area contributed by atoms with Crippen molar-refractivity contribution < 1.29 is 9.53 Å². The van der Waals surface area contributed by atoms with E-state index in [1.807, 2.05) is 0 Å². The molecule has 0 heterocycles. The third kappa shape index (κ3) is 0.903. The maximum Gasteiger partial charge on any atom is 0.333 e. The third-order valence-electron chi connectivity index (χ3n) is 6.51. The van der Waals surface area contributed by atoms with Gasteiger partial charge in [0.15, 0.2) is 0 Å². The minimum absolute atomic E-state index is 0.138. The Morgan fingerprint density at radius 3 is 2.47 bits per heavy atom. The molecule has 2 heteroatoms. The van der Waals surface area contributed by atoms with Crippen molar-refractivity contribution in [1.29, 1.82) is 0 Å². The molecule has 94 valence electrons. The van der Waals surface area contributed by atoms with Gasteiger partial charge in [-0.15, -0.1) is 0 Å². The van der Waals surface area contributed by atoms with E-state index < -0.39 is 0 Å². The second-order valence-corrected chi connectivity index (χ2v) is 6.97. The van der Waals surface area contributed by atoms with E-state index in [1.165, 1.54) is 12.8 Å². The average Bonchev–Trinajstić information content (AvgIpc) is 2.48. The maximum absolute atomic E-state index is 11.7. The monoisotopic (exact) mass is 234 g/mol. The van der Waals surface area contributed by atoms with Gasteiger partial charge in [-0.2, -0.15) is 0 Å². The van der Waals surface area contributed by atoms with Gasteiger partial charge >= 0.3 is 5.97 Å². The summed E-state index contributed by atoms with van der Waals surface area (Å²) in [5, 5.41) is 0. The van der Waals surface area contributed by atoms with Crippen LogP contribution in [0.1, 0.15) is 47.0 Å². The smallest absolute Gasteiger partial charge is 0.333 e. The first kappa shape index (κ1) is 11.3. The highest BCUT2D eigenvalue weighted by atomic mass is 16.5. The van der Waals surface area contributed by atoms with Crippen LogP contribution in [-0.4, -0.2) is 12.1 Å². The van der Waals surface area contributed by atoms with Crippen LogP contribution in [0, 0.1) is 22.2 Å². The number of carbonyl (C=O) groups is 1. The van der Waals surface area contributed by atoms with Crippen LogP contribution in [0.5, 0.6) is 0 Å². The predicted molar refractivity (Wildman–Crippen MR) is 66.4 cm³/mol. The highest BCUT2D eigenvalue weighted by Gasteiger charge is 2.91. The van der Waals surface area contributed by atoms with Crippen molar-refractivity contribution in [3.8, 4) is 0 Å². The molecule has 0 aromatic heterocycles. The fourth-order valence-electron chi connectivity index (χ4n) is 5.42. The molecule has 3 aliphatic rings. The van der Waals surface area contributed by atoms with Crippen molar-refractivity contribution in [3.63, 3.8) is 0 Å². The van der Waals surface area contributed by atoms with Crippen LogP contribution in [0.25, 0.3) is 0 Å². The van der Waals surface area contributed by atoms with Gasteiger partial charge in [0.25, 0.3) is 0 Å². The summed E-state index contributed by atoms with van der Waals surface area (Å²) in [5.74, 6) is 0.574. The summed E-state index contributed by atoms with van der Waals surface area (Å²) in [5.41, 5.74) is 1.53. The molecule has 0 aromatic rings. The average molecular weight is 234 g/mol. The number of hydrogen-bond acceptors (Lipinski definition) is 2. The molecule has 0 radical (unpaired) electrons. The van der Waals surface area contributed by atoms with Crippen LogP contribution in [0.4, 0.5) is 0 Å². The molecule has 3 aliphatic carbocycles. The van der Waals surface area contributed by atoms with Gasteiger partial charge in [0.1, 0.15) is 6.10 Å². The zero-order valence-electron chi connectivity index (χ0n) is 11.3. The molecule has 0 N–H and O–H groups in total. The Hall–Kier alpha value is -0.790. The Morgan fingerprint density at radius 2 is 2.00 bits per heavy atom. The molecule has 0 aliphatic heterocycles. The number of esters is 1. The van der Waals surface area contributed by atoms with E-state index in [0.717, 1.165) is 12.3 Å². The van der Waals surface area contributed by atoms with E-state index in [1.54, 1.807) is 6.92 Å². The lowest BCUT2D eigenvalue weighted by Crippen LogP contribution is -2.48. The van der Waals surface area contributed by atoms with Gasteiger partial charge in [0, 0.05) is 11.0 Å². The molecule has 3 rings (SSSR count). The topological polar surface area (TPSA) is 26.3 Å². The Balaban J connectivity index is 1.84. The zero-order valence-corrected chi connectivity index (χ0v) is 11.3. The van der Waals surface area contributed by atoms with E-state index in [9.17, 15) is 4.79 Å². The first-order valence-electron chi connectivity index (χ1n) is 6.65. The van der Waals surface area contributed by atoms with Crippen molar-refractivity contribution in [1.82, 2.24) is 0 Å². The van der Waals surface area contributed by atoms with E-state index in [0.29, 0.717) is 16.4 Å². The molecule has 0 aromatic carbocycles. The number of carbonyl (C=O) groups excluding carboxylic acids is 1. The molecule has 4 atom stereocenters. The Labute approximate surface area is 103 Å². The molecule has 0 saturated heterocycles. The van der Waals surface area contributed by atoms with E-state index >= 15 is 0 Å². The Kier molecular flexibility index (Phi) is 1.85. The molecule has 0 amide bonds. The van der Waals surface area contributed by atoms with E-state index in [-0.39, 0.29) is 17.5 Å². The van der Waals surface area contributed by atoms with Gasteiger partial charge in [-0.3, -0.25) is 0 Å². The van der Waals surface area contributed by atoms with Crippen molar-refractivity contribution in [2.45, 2.75) is 53.1 Å². The van der Waals surface area contributed by atoms with Crippen LogP contribution in [0.2, 0.25) is 0 Å². The van der Waals surface area contributed by atoms with Crippen molar-refractivity contribution >= 4 is 5.97 Å². The van der Waals surface area contributed by atoms with Gasteiger partial charge in [-0.05, 0) is 42.9 Å². The molecule has 4 unspecified atom stereocenters. The lowest BCUT2D eigenvalue weighted by Gasteiger charge is -2.46. The molecule has 0 bridgehead atoms. The lowest BCUT2D eigenvalue weighted by atomic mass is 9.64. The van der Waals surface area contributed by atoms with Crippen LogP contribution in [0.15, 0.2) is 12.2 Å². The molecule has 3 fully saturated rings. The summed E-state index contributed by atoms with van der Waals surface area (Å²) >= 11 is 0. The van der Waals surface area contributed by atoms with Crippen molar-refractivity contribution in [2.24, 2.45) is 22.2 Å². The van der Waals surface area contributed by atoms with Gasteiger partial charge < -0.3 is 4.74 Å². The second kappa shape index (κ2) is 2.78. The van der Waals surface area contributed by atoms with E-state index in [4.69, 9.17) is 4.74 Å². The summed E-state index contributed by atoms with van der Waals surface area (Å²) in [4.78, 5) is 11.7. The van der Waals surface area contributed by atoms with Gasteiger partial charge in [0.2, 0.25) is 0 Å². The van der Waals surface area contributed by atoms with E-state index in [2.05, 4.69) is 27.4 Å². The van der Waals surface area contributed by atoms with Crippen LogP contribution in [0.3, 0.4) is 0 Å². The molecule has 2 nitrogen and oxygen atoms in total. The Bertz CT molecular complexity index is 423. The van der Waals surface area contributed by atoms with Gasteiger partial charge in [-0.1, -0.05) is 27.4 Å². The Morgan fingerprint density at radius 1 is 1.35 bits per heavy atom. The van der Waals surface area contributed by atoms with Crippen LogP contribution >= 0.6 is 0 Å². The van der Waals surface area contributed by atoms with Crippen molar-refractivity contribution in [2.75, 3.05) is 0 Å². The first-order valence-corrected chi connectivity index (χ1v) is 6.65. The van der Waals surface area contributed by atoms with Gasteiger partial charge in [0.05, 0.1) is 0 Å². The fraction of sp³-hybridized carbons (Fsp3) is 0.800. The predicted octanol–water partition coefficient (Wildman–Crippen LogP) is 3.32. The standard InChI is InChI=1S/C15H22O2/c1-9(2)12(16)17-11-8-10-6-7-14(5)13(3,4)15(10,11)14/h10-11H,1,6-8H2,2-5H3. The second-order valence-electron chi connectivity index (χ2n) is 6.97. The number of rotatable bonds is 2. The molecule has 3 saturated carbocycles.